The fourth-order valence-corrected chi connectivity index (χ4v) is 5.12. The highest BCUT2D eigenvalue weighted by molar-refractivity contribution is 6.03. The first-order valence-electron chi connectivity index (χ1n) is 12.0. The minimum Gasteiger partial charge on any atom is -0.496 e. The first-order chi connectivity index (χ1) is 17.5. The molecule has 2 aromatic carbocycles. The van der Waals surface area contributed by atoms with Gasteiger partial charge in [-0.3, -0.25) is 4.79 Å². The van der Waals surface area contributed by atoms with Crippen LogP contribution in [0.4, 0.5) is 24.7 Å². The smallest absolute Gasteiger partial charge is 0.416 e. The van der Waals surface area contributed by atoms with Crippen molar-refractivity contribution in [3.8, 4) is 5.75 Å². The summed E-state index contributed by atoms with van der Waals surface area (Å²) in [7, 11) is 1.49. The van der Waals surface area contributed by atoms with E-state index in [1.807, 2.05) is 4.90 Å². The van der Waals surface area contributed by atoms with Gasteiger partial charge >= 0.3 is 6.18 Å². The van der Waals surface area contributed by atoms with Gasteiger partial charge in [0.25, 0.3) is 5.91 Å². The fourth-order valence-electron chi connectivity index (χ4n) is 5.12. The van der Waals surface area contributed by atoms with Crippen molar-refractivity contribution in [1.82, 2.24) is 14.9 Å². The van der Waals surface area contributed by atoms with E-state index in [-0.39, 0.29) is 11.6 Å². The molecule has 8 nitrogen and oxygen atoms in total. The van der Waals surface area contributed by atoms with E-state index in [1.165, 1.54) is 13.2 Å². The third kappa shape index (κ3) is 4.87. The number of ether oxygens (including phenoxy) is 2. The molecule has 0 spiro atoms. The average molecular weight is 516 g/mol. The lowest BCUT2D eigenvalue weighted by molar-refractivity contribution is -0.137. The molecule has 2 aliphatic rings. The van der Waals surface area contributed by atoms with Gasteiger partial charge in [-0.1, -0.05) is 0 Å². The third-order valence-corrected chi connectivity index (χ3v) is 7.04. The number of nitrogens with two attached hydrogens (primary N) is 1. The van der Waals surface area contributed by atoms with Crippen molar-refractivity contribution in [1.29, 1.82) is 0 Å². The van der Waals surface area contributed by atoms with Crippen molar-refractivity contribution in [2.24, 2.45) is 11.8 Å². The average Bonchev–Trinajstić information content (AvgIpc) is 3.44. The zero-order valence-electron chi connectivity index (χ0n) is 20.7. The Balaban J connectivity index is 1.48. The van der Waals surface area contributed by atoms with Crippen LogP contribution in [0.1, 0.15) is 40.3 Å². The van der Waals surface area contributed by atoms with E-state index in [4.69, 9.17) is 15.2 Å². The highest BCUT2D eigenvalue weighted by atomic mass is 19.4. The third-order valence-electron chi connectivity index (χ3n) is 7.04. The van der Waals surface area contributed by atoms with Crippen LogP contribution in [0.15, 0.2) is 30.3 Å². The number of likely N-dealkylation sites (tertiary alicyclic amines) is 1. The predicted octanol–water partition coefficient (Wildman–Crippen LogP) is 4.44. The standard InChI is InChI=1S/C26H28F3N5O3/c1-13(15-4-18(26(27,28)29)6-19(30)5-15)31-24-20-8-23(36-3)21(7-22(20)32-14(2)33-24)25(35)34-9-16-11-37-12-17(16)10-34/h4-8,13,16-17H,9-12,30H2,1-3H3,(H,31,32,33)/t13-,16?,17?/m1/s1. The van der Waals surface area contributed by atoms with Crippen LogP contribution >= 0.6 is 0 Å². The molecule has 3 heterocycles. The molecule has 0 aliphatic carbocycles. The Morgan fingerprint density at radius 1 is 1.16 bits per heavy atom. The number of nitrogens with one attached hydrogen (secondary N) is 1. The number of hydrogen-bond donors (Lipinski definition) is 2. The first-order valence-corrected chi connectivity index (χ1v) is 12.0. The number of aryl methyl sites for hydroxylation is 1. The lowest BCUT2D eigenvalue weighted by Gasteiger charge is -2.21. The number of anilines is 2. The van der Waals surface area contributed by atoms with Crippen molar-refractivity contribution in [2.75, 3.05) is 44.5 Å². The van der Waals surface area contributed by atoms with E-state index >= 15 is 0 Å². The SMILES string of the molecule is COc1cc2c(N[C@H](C)c3cc(N)cc(C(F)(F)F)c3)nc(C)nc2cc1C(=O)N1CC2COCC2C1. The predicted molar refractivity (Wildman–Crippen MR) is 132 cm³/mol. The number of rotatable bonds is 5. The van der Waals surface area contributed by atoms with Crippen LogP contribution in [0.25, 0.3) is 10.9 Å². The Labute approximate surface area is 212 Å². The minimum atomic E-state index is -4.51. The molecule has 2 fully saturated rings. The van der Waals surface area contributed by atoms with Crippen LogP contribution in [0.2, 0.25) is 0 Å². The zero-order chi connectivity index (χ0) is 26.5. The van der Waals surface area contributed by atoms with Gasteiger partial charge in [-0.05, 0) is 49.7 Å². The van der Waals surface area contributed by atoms with Gasteiger partial charge in [0, 0.05) is 36.0 Å². The summed E-state index contributed by atoms with van der Waals surface area (Å²) in [5.74, 6) is 1.80. The molecule has 2 unspecified atom stereocenters. The summed E-state index contributed by atoms with van der Waals surface area (Å²) in [6, 6.07) is 6.30. The quantitative estimate of drug-likeness (QED) is 0.485. The van der Waals surface area contributed by atoms with Gasteiger partial charge in [-0.15, -0.1) is 0 Å². The number of fused-ring (bicyclic) bond motifs is 2. The maximum Gasteiger partial charge on any atom is 0.416 e. The first kappa shape index (κ1) is 25.1. The largest absolute Gasteiger partial charge is 0.496 e. The Morgan fingerprint density at radius 3 is 2.51 bits per heavy atom. The lowest BCUT2D eigenvalue weighted by Crippen LogP contribution is -2.30. The highest BCUT2D eigenvalue weighted by Crippen LogP contribution is 2.36. The van der Waals surface area contributed by atoms with Gasteiger partial charge in [0.05, 0.1) is 43.0 Å². The number of methoxy groups -OCH3 is 1. The molecule has 2 saturated heterocycles. The zero-order valence-corrected chi connectivity index (χ0v) is 20.7. The second-order valence-electron chi connectivity index (χ2n) is 9.71. The Kier molecular flexibility index (Phi) is 6.35. The van der Waals surface area contributed by atoms with Gasteiger partial charge in [-0.2, -0.15) is 13.2 Å². The number of carbonyl (C=O) groups is 1. The van der Waals surface area contributed by atoms with E-state index in [1.54, 1.807) is 26.0 Å². The lowest BCUT2D eigenvalue weighted by atomic mass is 10.0. The monoisotopic (exact) mass is 515 g/mol. The maximum atomic E-state index is 13.4. The minimum absolute atomic E-state index is 0.0182. The molecule has 5 rings (SSSR count). The summed E-state index contributed by atoms with van der Waals surface area (Å²) in [5, 5.41) is 3.77. The van der Waals surface area contributed by atoms with Crippen LogP contribution < -0.4 is 15.8 Å². The van der Waals surface area contributed by atoms with E-state index in [0.29, 0.717) is 77.6 Å². The number of alkyl halides is 3. The summed E-state index contributed by atoms with van der Waals surface area (Å²) in [4.78, 5) is 24.2. The number of amides is 1. The van der Waals surface area contributed by atoms with Crippen molar-refractivity contribution in [3.63, 3.8) is 0 Å². The summed E-state index contributed by atoms with van der Waals surface area (Å²) in [5.41, 5.74) is 6.24. The van der Waals surface area contributed by atoms with Crippen LogP contribution in [-0.4, -0.2) is 54.2 Å². The molecule has 0 bridgehead atoms. The second kappa shape index (κ2) is 9.37. The van der Waals surface area contributed by atoms with Crippen LogP contribution in [0.5, 0.6) is 5.75 Å². The van der Waals surface area contributed by atoms with Gasteiger partial charge in [-0.25, -0.2) is 9.97 Å². The number of nitrogens with zero attached hydrogens (tertiary/aromatic N) is 3. The molecule has 1 amide bonds. The molecule has 1 aromatic heterocycles. The van der Waals surface area contributed by atoms with E-state index in [0.717, 1.165) is 12.1 Å². The van der Waals surface area contributed by atoms with Crippen molar-refractivity contribution < 1.29 is 27.4 Å². The number of benzene rings is 2. The van der Waals surface area contributed by atoms with Crippen LogP contribution in [-0.2, 0) is 10.9 Å². The molecule has 3 aromatic rings. The van der Waals surface area contributed by atoms with Gasteiger partial charge < -0.3 is 25.4 Å². The Morgan fingerprint density at radius 2 is 1.86 bits per heavy atom. The molecule has 3 N–H and O–H groups in total. The topological polar surface area (TPSA) is 103 Å². The molecule has 37 heavy (non-hydrogen) atoms. The molecule has 0 saturated carbocycles. The maximum absolute atomic E-state index is 13.4. The second-order valence-corrected chi connectivity index (χ2v) is 9.71. The molecular weight excluding hydrogens is 487 g/mol. The number of hydrogen-bond acceptors (Lipinski definition) is 7. The van der Waals surface area contributed by atoms with E-state index < -0.39 is 17.8 Å². The molecule has 196 valence electrons. The Bertz CT molecular complexity index is 1350. The molecule has 3 atom stereocenters. The number of halogens is 3. The van der Waals surface area contributed by atoms with Crippen LogP contribution in [0, 0.1) is 18.8 Å². The normalized spacial score (nSPS) is 20.2. The van der Waals surface area contributed by atoms with Gasteiger partial charge in [0.1, 0.15) is 17.4 Å². The molecule has 0 radical (unpaired) electrons. The van der Waals surface area contributed by atoms with E-state index in [9.17, 15) is 18.0 Å². The number of carbonyl (C=O) groups excluding carboxylic acids is 1. The summed E-state index contributed by atoms with van der Waals surface area (Å²) in [6.07, 6.45) is -4.51. The van der Waals surface area contributed by atoms with Gasteiger partial charge in [0.2, 0.25) is 0 Å². The Hall–Kier alpha value is -3.60. The van der Waals surface area contributed by atoms with Crippen molar-refractivity contribution in [2.45, 2.75) is 26.1 Å². The molecule has 11 heteroatoms. The van der Waals surface area contributed by atoms with Gasteiger partial charge in [0.15, 0.2) is 0 Å². The summed E-state index contributed by atoms with van der Waals surface area (Å²) >= 11 is 0. The van der Waals surface area contributed by atoms with E-state index in [2.05, 4.69) is 15.3 Å². The number of nitrogen functional groups attached to an aromatic ring is 1. The number of aromatic nitrogens is 2. The highest BCUT2D eigenvalue weighted by Gasteiger charge is 2.40. The van der Waals surface area contributed by atoms with Crippen molar-refractivity contribution in [3.05, 3.63) is 52.8 Å². The molecule has 2 aliphatic heterocycles. The fraction of sp³-hybridized carbons (Fsp3) is 0.423. The van der Waals surface area contributed by atoms with Crippen LogP contribution in [0.3, 0.4) is 0 Å². The molecular formula is C26H28F3N5O3. The summed E-state index contributed by atoms with van der Waals surface area (Å²) < 4.78 is 51.0. The summed E-state index contributed by atoms with van der Waals surface area (Å²) in [6.45, 7) is 6.04. The van der Waals surface area contributed by atoms with Crippen molar-refractivity contribution >= 4 is 28.3 Å².